The maximum Gasteiger partial charge on any atom is 0.262 e. The fraction of sp³-hybridized carbons (Fsp3) is 0.105. The fourth-order valence-electron chi connectivity index (χ4n) is 2.75. The van der Waals surface area contributed by atoms with Gasteiger partial charge < -0.3 is 9.73 Å². The number of aromatic nitrogens is 3. The van der Waals surface area contributed by atoms with Crippen LogP contribution in [0.4, 0.5) is 5.95 Å². The van der Waals surface area contributed by atoms with Gasteiger partial charge in [-0.2, -0.15) is 4.98 Å². The molecule has 0 fully saturated rings. The highest BCUT2D eigenvalue weighted by Crippen LogP contribution is 2.24. The van der Waals surface area contributed by atoms with E-state index in [1.165, 1.54) is 5.56 Å². The molecule has 0 atom stereocenters. The quantitative estimate of drug-likeness (QED) is 0.586. The molecule has 124 valence electrons. The van der Waals surface area contributed by atoms with Crippen LogP contribution in [0.3, 0.4) is 0 Å². The van der Waals surface area contributed by atoms with Gasteiger partial charge in [-0.1, -0.05) is 30.3 Å². The van der Waals surface area contributed by atoms with Gasteiger partial charge in [0.2, 0.25) is 5.95 Å². The number of anilines is 1. The van der Waals surface area contributed by atoms with Crippen LogP contribution in [-0.4, -0.2) is 21.5 Å². The summed E-state index contributed by atoms with van der Waals surface area (Å²) in [4.78, 5) is 24.0. The Labute approximate surface area is 143 Å². The summed E-state index contributed by atoms with van der Waals surface area (Å²) in [5, 5.41) is 3.57. The Bertz CT molecular complexity index is 1040. The van der Waals surface area contributed by atoms with E-state index in [9.17, 15) is 4.79 Å². The molecule has 0 unspecified atom stereocenters. The van der Waals surface area contributed by atoms with Crippen LogP contribution in [0.2, 0.25) is 0 Å². The minimum absolute atomic E-state index is 0.244. The molecule has 0 aliphatic carbocycles. The molecule has 0 aliphatic rings. The topological polar surface area (TPSA) is 83.8 Å². The maximum absolute atomic E-state index is 12.5. The van der Waals surface area contributed by atoms with E-state index in [2.05, 4.69) is 32.4 Å². The Hall–Kier alpha value is -3.41. The number of hydrogen-bond donors (Lipinski definition) is 2. The molecule has 0 amide bonds. The van der Waals surface area contributed by atoms with Crippen molar-refractivity contribution in [3.63, 3.8) is 0 Å². The normalized spacial score (nSPS) is 10.9. The van der Waals surface area contributed by atoms with Crippen molar-refractivity contribution in [3.8, 4) is 11.3 Å². The van der Waals surface area contributed by atoms with Crippen LogP contribution in [-0.2, 0) is 6.42 Å². The number of nitrogens with zero attached hydrogens (tertiary/aromatic N) is 2. The van der Waals surface area contributed by atoms with Gasteiger partial charge >= 0.3 is 0 Å². The number of rotatable bonds is 5. The van der Waals surface area contributed by atoms with Crippen molar-refractivity contribution in [1.82, 2.24) is 15.0 Å². The molecule has 0 saturated carbocycles. The van der Waals surface area contributed by atoms with E-state index >= 15 is 0 Å². The summed E-state index contributed by atoms with van der Waals surface area (Å²) < 4.78 is 5.40. The molecule has 25 heavy (non-hydrogen) atoms. The summed E-state index contributed by atoms with van der Waals surface area (Å²) in [5.41, 5.74) is 2.04. The van der Waals surface area contributed by atoms with Gasteiger partial charge in [0, 0.05) is 18.3 Å². The van der Waals surface area contributed by atoms with Crippen LogP contribution in [0.1, 0.15) is 5.56 Å². The van der Waals surface area contributed by atoms with Gasteiger partial charge in [-0.15, -0.1) is 0 Å². The number of aromatic amines is 1. The van der Waals surface area contributed by atoms with Crippen molar-refractivity contribution >= 4 is 17.0 Å². The third-order valence-electron chi connectivity index (χ3n) is 3.94. The van der Waals surface area contributed by atoms with Crippen molar-refractivity contribution in [2.75, 3.05) is 11.9 Å². The Morgan fingerprint density at radius 1 is 1.08 bits per heavy atom. The molecule has 0 radical (unpaired) electrons. The second kappa shape index (κ2) is 6.60. The van der Waals surface area contributed by atoms with Crippen LogP contribution < -0.4 is 10.9 Å². The molecule has 0 saturated heterocycles. The fourth-order valence-corrected chi connectivity index (χ4v) is 2.75. The summed E-state index contributed by atoms with van der Waals surface area (Å²) in [7, 11) is 0. The number of benzene rings is 1. The standard InChI is InChI=1S/C19H16N4O2/c24-18-16-14(15-7-4-12-25-15)9-11-20-17(16)22-19(23-18)21-10-8-13-5-2-1-3-6-13/h1-7,9,11-12H,8,10H2,(H2,20,21,22,23,24). The number of fused-ring (bicyclic) bond motifs is 1. The van der Waals surface area contributed by atoms with Gasteiger partial charge in [-0.3, -0.25) is 9.78 Å². The van der Waals surface area contributed by atoms with E-state index in [4.69, 9.17) is 4.42 Å². The monoisotopic (exact) mass is 332 g/mol. The van der Waals surface area contributed by atoms with Gasteiger partial charge in [-0.25, -0.2) is 4.98 Å². The zero-order chi connectivity index (χ0) is 17.1. The molecule has 0 spiro atoms. The molecule has 4 rings (SSSR count). The van der Waals surface area contributed by atoms with Gasteiger partial charge in [0.05, 0.1) is 11.6 Å². The zero-order valence-electron chi connectivity index (χ0n) is 13.4. The maximum atomic E-state index is 12.5. The molecular formula is C19H16N4O2. The van der Waals surface area contributed by atoms with Crippen LogP contribution in [0.5, 0.6) is 0 Å². The second-order valence-corrected chi connectivity index (χ2v) is 5.61. The highest BCUT2D eigenvalue weighted by Gasteiger charge is 2.12. The van der Waals surface area contributed by atoms with Crippen molar-refractivity contribution in [2.45, 2.75) is 6.42 Å². The summed E-state index contributed by atoms with van der Waals surface area (Å²) in [5.74, 6) is 1.03. The molecule has 0 aliphatic heterocycles. The summed E-state index contributed by atoms with van der Waals surface area (Å²) in [6.07, 6.45) is 4.03. The van der Waals surface area contributed by atoms with E-state index in [0.717, 1.165) is 6.42 Å². The first-order chi connectivity index (χ1) is 12.3. The van der Waals surface area contributed by atoms with E-state index in [1.807, 2.05) is 18.2 Å². The number of pyridine rings is 1. The largest absolute Gasteiger partial charge is 0.464 e. The second-order valence-electron chi connectivity index (χ2n) is 5.61. The summed E-state index contributed by atoms with van der Waals surface area (Å²) >= 11 is 0. The van der Waals surface area contributed by atoms with Crippen LogP contribution in [0.25, 0.3) is 22.4 Å². The third-order valence-corrected chi connectivity index (χ3v) is 3.94. The third kappa shape index (κ3) is 3.14. The van der Waals surface area contributed by atoms with Crippen LogP contribution in [0.15, 0.2) is 70.2 Å². The smallest absolute Gasteiger partial charge is 0.262 e. The summed E-state index contributed by atoms with van der Waals surface area (Å²) in [6.45, 7) is 0.663. The molecule has 3 aromatic heterocycles. The van der Waals surface area contributed by atoms with Gasteiger partial charge in [0.15, 0.2) is 5.65 Å². The molecule has 2 N–H and O–H groups in total. The predicted molar refractivity (Wildman–Crippen MR) is 96.5 cm³/mol. The number of nitrogens with one attached hydrogen (secondary N) is 2. The molecule has 4 aromatic rings. The molecular weight excluding hydrogens is 316 g/mol. The Morgan fingerprint density at radius 3 is 2.76 bits per heavy atom. The van der Waals surface area contributed by atoms with Crippen LogP contribution in [0, 0.1) is 0 Å². The lowest BCUT2D eigenvalue weighted by Crippen LogP contribution is -2.16. The molecule has 6 nitrogen and oxygen atoms in total. The van der Waals surface area contributed by atoms with E-state index in [0.29, 0.717) is 34.9 Å². The lowest BCUT2D eigenvalue weighted by molar-refractivity contribution is 0.583. The first-order valence-electron chi connectivity index (χ1n) is 8.02. The zero-order valence-corrected chi connectivity index (χ0v) is 13.4. The lowest BCUT2D eigenvalue weighted by Gasteiger charge is -2.07. The SMILES string of the molecule is O=c1[nH]c(NCCc2ccccc2)nc2nccc(-c3ccco3)c12. The Morgan fingerprint density at radius 2 is 1.96 bits per heavy atom. The Kier molecular flexibility index (Phi) is 4.00. The minimum Gasteiger partial charge on any atom is -0.464 e. The molecule has 3 heterocycles. The predicted octanol–water partition coefficient (Wildman–Crippen LogP) is 3.23. The van der Waals surface area contributed by atoms with Crippen LogP contribution >= 0.6 is 0 Å². The van der Waals surface area contributed by atoms with Crippen molar-refractivity contribution in [1.29, 1.82) is 0 Å². The van der Waals surface area contributed by atoms with E-state index < -0.39 is 0 Å². The molecule has 6 heteroatoms. The van der Waals surface area contributed by atoms with Gasteiger partial charge in [-0.05, 0) is 30.2 Å². The average Bonchev–Trinajstić information content (AvgIpc) is 3.17. The highest BCUT2D eigenvalue weighted by atomic mass is 16.3. The first-order valence-corrected chi connectivity index (χ1v) is 8.02. The first kappa shape index (κ1) is 15.1. The molecule has 0 bridgehead atoms. The number of furan rings is 1. The van der Waals surface area contributed by atoms with E-state index in [-0.39, 0.29) is 5.56 Å². The lowest BCUT2D eigenvalue weighted by atomic mass is 10.1. The van der Waals surface area contributed by atoms with Gasteiger partial charge in [0.1, 0.15) is 5.76 Å². The van der Waals surface area contributed by atoms with Crippen molar-refractivity contribution < 1.29 is 4.42 Å². The minimum atomic E-state index is -0.244. The number of H-pyrrole nitrogens is 1. The highest BCUT2D eigenvalue weighted by molar-refractivity contribution is 5.90. The molecule has 1 aromatic carbocycles. The number of hydrogen-bond acceptors (Lipinski definition) is 5. The van der Waals surface area contributed by atoms with Crippen molar-refractivity contribution in [3.05, 3.63) is 76.9 Å². The van der Waals surface area contributed by atoms with Crippen molar-refractivity contribution in [2.24, 2.45) is 0 Å². The van der Waals surface area contributed by atoms with Gasteiger partial charge in [0.25, 0.3) is 5.56 Å². The average molecular weight is 332 g/mol. The Balaban J connectivity index is 1.61. The van der Waals surface area contributed by atoms with E-state index in [1.54, 1.807) is 30.7 Å². The summed E-state index contributed by atoms with van der Waals surface area (Å²) in [6, 6.07) is 15.5.